The Bertz CT molecular complexity index is 835. The molecule has 136 valence electrons. The number of carbonyl (C=O) groups is 3. The molecule has 3 N–H and O–H groups in total. The minimum absolute atomic E-state index is 0.241. The van der Waals surface area contributed by atoms with E-state index in [9.17, 15) is 14.4 Å². The molecule has 0 saturated heterocycles. The fourth-order valence-electron chi connectivity index (χ4n) is 2.07. The predicted molar refractivity (Wildman–Crippen MR) is 98.6 cm³/mol. The molecule has 2 rings (SSSR count). The molecule has 0 unspecified atom stereocenters. The average Bonchev–Trinajstić information content (AvgIpc) is 2.61. The molecule has 0 aliphatic rings. The third-order valence-corrected chi connectivity index (χ3v) is 3.73. The van der Waals surface area contributed by atoms with Gasteiger partial charge in [0.25, 0.3) is 11.8 Å². The van der Waals surface area contributed by atoms with Gasteiger partial charge >= 0.3 is 0 Å². The van der Waals surface area contributed by atoms with E-state index in [1.165, 1.54) is 29.2 Å². The molecule has 7 nitrogen and oxygen atoms in total. The van der Waals surface area contributed by atoms with Crippen LogP contribution in [0.15, 0.2) is 42.5 Å². The molecule has 2 aromatic rings. The van der Waals surface area contributed by atoms with Crippen LogP contribution in [-0.4, -0.2) is 43.3 Å². The predicted octanol–water partition coefficient (Wildman–Crippen LogP) is 2.16. The number of amides is 3. The molecule has 0 fully saturated rings. The average molecular weight is 376 g/mol. The number of hydrogen-bond donors (Lipinski definition) is 2. The smallest absolute Gasteiger partial charge is 0.262 e. The van der Waals surface area contributed by atoms with E-state index >= 15 is 0 Å². The van der Waals surface area contributed by atoms with Gasteiger partial charge in [-0.05, 0) is 42.5 Å². The highest BCUT2D eigenvalue weighted by molar-refractivity contribution is 6.34. The standard InChI is InChI=1S/C18H18ClN3O4/c1-22(2)18(25)14-9-12(5-8-15(14)19)21-16(23)10-26-13-6-3-11(4-7-13)17(20)24/h3-9H,10H2,1-2H3,(H2,20,24)(H,21,23). The molecule has 0 spiro atoms. The van der Waals surface area contributed by atoms with Crippen molar-refractivity contribution in [3.05, 3.63) is 58.6 Å². The van der Waals surface area contributed by atoms with Crippen molar-refractivity contribution in [1.82, 2.24) is 4.90 Å². The van der Waals surface area contributed by atoms with Gasteiger partial charge in [0.2, 0.25) is 5.91 Å². The van der Waals surface area contributed by atoms with E-state index in [1.54, 1.807) is 32.3 Å². The minimum atomic E-state index is -0.542. The van der Waals surface area contributed by atoms with Crippen molar-refractivity contribution in [2.75, 3.05) is 26.0 Å². The molecule has 2 aromatic carbocycles. The maximum Gasteiger partial charge on any atom is 0.262 e. The Kier molecular flexibility index (Phi) is 6.19. The number of carbonyl (C=O) groups excluding carboxylic acids is 3. The molecule has 0 heterocycles. The Balaban J connectivity index is 1.98. The van der Waals surface area contributed by atoms with Crippen molar-refractivity contribution < 1.29 is 19.1 Å². The first-order valence-corrected chi connectivity index (χ1v) is 7.99. The first-order valence-electron chi connectivity index (χ1n) is 7.61. The van der Waals surface area contributed by atoms with Crippen LogP contribution in [0.3, 0.4) is 0 Å². The van der Waals surface area contributed by atoms with Crippen LogP contribution in [-0.2, 0) is 4.79 Å². The number of nitrogens with two attached hydrogens (primary N) is 1. The summed E-state index contributed by atoms with van der Waals surface area (Å²) in [7, 11) is 3.22. The fourth-order valence-corrected chi connectivity index (χ4v) is 2.27. The van der Waals surface area contributed by atoms with Gasteiger partial charge in [-0.15, -0.1) is 0 Å². The summed E-state index contributed by atoms with van der Waals surface area (Å²) in [6, 6.07) is 10.7. The SMILES string of the molecule is CN(C)C(=O)c1cc(NC(=O)COc2ccc(C(N)=O)cc2)ccc1Cl. The molecular formula is C18H18ClN3O4. The van der Waals surface area contributed by atoms with Crippen LogP contribution in [0.4, 0.5) is 5.69 Å². The van der Waals surface area contributed by atoms with Crippen molar-refractivity contribution in [2.45, 2.75) is 0 Å². The van der Waals surface area contributed by atoms with Crippen LogP contribution in [0.1, 0.15) is 20.7 Å². The lowest BCUT2D eigenvalue weighted by Crippen LogP contribution is -2.23. The van der Waals surface area contributed by atoms with Crippen molar-refractivity contribution in [3.8, 4) is 5.75 Å². The number of halogens is 1. The van der Waals surface area contributed by atoms with E-state index in [1.807, 2.05) is 0 Å². The first-order chi connectivity index (χ1) is 12.3. The quantitative estimate of drug-likeness (QED) is 0.807. The third-order valence-electron chi connectivity index (χ3n) is 3.40. The Labute approximate surface area is 155 Å². The van der Waals surface area contributed by atoms with E-state index in [0.717, 1.165) is 0 Å². The summed E-state index contributed by atoms with van der Waals surface area (Å²) in [5, 5.41) is 2.93. The Morgan fingerprint density at radius 1 is 1.12 bits per heavy atom. The van der Waals surface area contributed by atoms with Gasteiger partial charge in [-0.2, -0.15) is 0 Å². The monoisotopic (exact) mass is 375 g/mol. The van der Waals surface area contributed by atoms with E-state index in [4.69, 9.17) is 22.1 Å². The topological polar surface area (TPSA) is 102 Å². The van der Waals surface area contributed by atoms with Gasteiger partial charge in [0.15, 0.2) is 6.61 Å². The zero-order valence-electron chi connectivity index (χ0n) is 14.3. The maximum atomic E-state index is 12.1. The number of ether oxygens (including phenoxy) is 1. The van der Waals surface area contributed by atoms with E-state index < -0.39 is 11.8 Å². The summed E-state index contributed by atoms with van der Waals surface area (Å²) in [4.78, 5) is 36.5. The van der Waals surface area contributed by atoms with Crippen LogP contribution in [0.25, 0.3) is 0 Å². The number of primary amides is 1. The lowest BCUT2D eigenvalue weighted by atomic mass is 10.1. The summed E-state index contributed by atoms with van der Waals surface area (Å²) in [5.74, 6) is -0.795. The van der Waals surface area contributed by atoms with E-state index in [0.29, 0.717) is 22.0 Å². The Morgan fingerprint density at radius 2 is 1.77 bits per heavy atom. The van der Waals surface area contributed by atoms with Gasteiger partial charge in [-0.3, -0.25) is 14.4 Å². The van der Waals surface area contributed by atoms with Crippen molar-refractivity contribution in [2.24, 2.45) is 5.73 Å². The molecule has 0 aliphatic carbocycles. The molecule has 0 aromatic heterocycles. The zero-order valence-corrected chi connectivity index (χ0v) is 15.0. The van der Waals surface area contributed by atoms with Crippen molar-refractivity contribution in [3.63, 3.8) is 0 Å². The number of rotatable bonds is 6. The van der Waals surface area contributed by atoms with Crippen LogP contribution in [0.5, 0.6) is 5.75 Å². The first kappa shape index (κ1) is 19.3. The summed E-state index contributed by atoms with van der Waals surface area (Å²) >= 11 is 6.03. The highest BCUT2D eigenvalue weighted by Crippen LogP contribution is 2.22. The summed E-state index contributed by atoms with van der Waals surface area (Å²) in [6.45, 7) is -0.241. The molecule has 3 amide bonds. The summed E-state index contributed by atoms with van der Waals surface area (Å²) in [6.07, 6.45) is 0. The molecule has 26 heavy (non-hydrogen) atoms. The molecule has 0 atom stereocenters. The summed E-state index contributed by atoms with van der Waals surface area (Å²) < 4.78 is 5.35. The minimum Gasteiger partial charge on any atom is -0.484 e. The number of nitrogens with zero attached hydrogens (tertiary/aromatic N) is 1. The van der Waals surface area contributed by atoms with Crippen molar-refractivity contribution in [1.29, 1.82) is 0 Å². The number of hydrogen-bond acceptors (Lipinski definition) is 4. The molecular weight excluding hydrogens is 358 g/mol. The maximum absolute atomic E-state index is 12.1. The van der Waals surface area contributed by atoms with Crippen LogP contribution >= 0.6 is 11.6 Å². The molecule has 8 heteroatoms. The second-order valence-electron chi connectivity index (χ2n) is 5.62. The second kappa shape index (κ2) is 8.35. The zero-order chi connectivity index (χ0) is 19.3. The van der Waals surface area contributed by atoms with Crippen LogP contribution in [0.2, 0.25) is 5.02 Å². The van der Waals surface area contributed by atoms with Gasteiger partial charge in [0.05, 0.1) is 10.6 Å². The number of benzene rings is 2. The number of anilines is 1. The van der Waals surface area contributed by atoms with Gasteiger partial charge in [-0.1, -0.05) is 11.6 Å². The van der Waals surface area contributed by atoms with Gasteiger partial charge < -0.3 is 20.7 Å². The molecule has 0 bridgehead atoms. The van der Waals surface area contributed by atoms with Crippen LogP contribution < -0.4 is 15.8 Å². The highest BCUT2D eigenvalue weighted by atomic mass is 35.5. The number of nitrogens with one attached hydrogen (secondary N) is 1. The highest BCUT2D eigenvalue weighted by Gasteiger charge is 2.14. The van der Waals surface area contributed by atoms with E-state index in [-0.39, 0.29) is 18.1 Å². The van der Waals surface area contributed by atoms with Crippen molar-refractivity contribution >= 4 is 35.0 Å². The fraction of sp³-hybridized carbons (Fsp3) is 0.167. The molecule has 0 aliphatic heterocycles. The lowest BCUT2D eigenvalue weighted by Gasteiger charge is -2.13. The van der Waals surface area contributed by atoms with Gasteiger partial charge in [0.1, 0.15) is 5.75 Å². The lowest BCUT2D eigenvalue weighted by molar-refractivity contribution is -0.118. The largest absolute Gasteiger partial charge is 0.484 e. The molecule has 0 radical (unpaired) electrons. The second-order valence-corrected chi connectivity index (χ2v) is 6.03. The van der Waals surface area contributed by atoms with Gasteiger partial charge in [0, 0.05) is 25.3 Å². The normalized spacial score (nSPS) is 10.1. The van der Waals surface area contributed by atoms with Gasteiger partial charge in [-0.25, -0.2) is 0 Å². The Hall–Kier alpha value is -3.06. The van der Waals surface area contributed by atoms with Crippen LogP contribution in [0, 0.1) is 0 Å². The van der Waals surface area contributed by atoms with E-state index in [2.05, 4.69) is 5.32 Å². The third kappa shape index (κ3) is 4.97. The summed E-state index contributed by atoms with van der Waals surface area (Å²) in [5.41, 5.74) is 6.22. The molecule has 0 saturated carbocycles. The Morgan fingerprint density at radius 3 is 2.35 bits per heavy atom.